The Bertz CT molecular complexity index is 811. The number of urea groups is 1. The topological polar surface area (TPSA) is 44.8 Å². The van der Waals surface area contributed by atoms with E-state index in [-0.39, 0.29) is 11.7 Å². The summed E-state index contributed by atoms with van der Waals surface area (Å²) in [6.07, 6.45) is 0. The lowest BCUT2D eigenvalue weighted by atomic mass is 10.2. The van der Waals surface area contributed by atoms with Gasteiger partial charge < -0.3 is 19.9 Å². The molecule has 0 saturated carbocycles. The molecule has 138 valence electrons. The quantitative estimate of drug-likeness (QED) is 0.874. The van der Waals surface area contributed by atoms with Crippen LogP contribution in [-0.2, 0) is 0 Å². The van der Waals surface area contributed by atoms with Crippen LogP contribution in [0.15, 0.2) is 36.4 Å². The van der Waals surface area contributed by atoms with Crippen molar-refractivity contribution < 1.29 is 18.3 Å². The van der Waals surface area contributed by atoms with E-state index in [0.717, 1.165) is 17.8 Å². The van der Waals surface area contributed by atoms with Crippen molar-refractivity contribution in [2.45, 2.75) is 0 Å². The van der Waals surface area contributed by atoms with Crippen LogP contribution < -0.4 is 15.0 Å². The fourth-order valence-electron chi connectivity index (χ4n) is 2.84. The molecule has 0 aromatic heterocycles. The summed E-state index contributed by atoms with van der Waals surface area (Å²) in [6, 6.07) is 8.30. The van der Waals surface area contributed by atoms with Crippen molar-refractivity contribution in [3.63, 3.8) is 0 Å². The summed E-state index contributed by atoms with van der Waals surface area (Å²) in [7, 11) is 1.60. The molecule has 0 aliphatic carbocycles. The number of nitrogens with zero attached hydrogens (tertiary/aromatic N) is 2. The van der Waals surface area contributed by atoms with E-state index in [9.17, 15) is 13.6 Å². The van der Waals surface area contributed by atoms with Crippen molar-refractivity contribution in [2.75, 3.05) is 43.5 Å². The second kappa shape index (κ2) is 7.78. The van der Waals surface area contributed by atoms with Crippen LogP contribution in [-0.4, -0.2) is 44.2 Å². The Balaban J connectivity index is 1.62. The van der Waals surface area contributed by atoms with Crippen LogP contribution in [0.1, 0.15) is 0 Å². The van der Waals surface area contributed by atoms with Gasteiger partial charge in [0, 0.05) is 43.0 Å². The molecule has 3 rings (SSSR count). The van der Waals surface area contributed by atoms with E-state index in [1.165, 1.54) is 6.07 Å². The smallest absolute Gasteiger partial charge is 0.321 e. The number of anilines is 2. The fourth-order valence-corrected chi connectivity index (χ4v) is 3.00. The number of halogens is 3. The molecular weight excluding hydrogens is 364 g/mol. The van der Waals surface area contributed by atoms with Gasteiger partial charge in [-0.25, -0.2) is 13.6 Å². The Morgan fingerprint density at radius 2 is 1.81 bits per heavy atom. The molecule has 1 N–H and O–H groups in total. The molecule has 0 unspecified atom stereocenters. The molecular formula is C18H18ClF2N3O2. The molecule has 2 aromatic carbocycles. The normalized spacial score (nSPS) is 14.3. The van der Waals surface area contributed by atoms with E-state index in [0.29, 0.717) is 37.0 Å². The lowest BCUT2D eigenvalue weighted by molar-refractivity contribution is 0.208. The Kier molecular flexibility index (Phi) is 5.46. The Hall–Kier alpha value is -2.54. The van der Waals surface area contributed by atoms with Crippen LogP contribution in [0.5, 0.6) is 5.75 Å². The summed E-state index contributed by atoms with van der Waals surface area (Å²) < 4.78 is 31.6. The van der Waals surface area contributed by atoms with Crippen molar-refractivity contribution in [3.8, 4) is 5.75 Å². The number of ether oxygens (including phenoxy) is 1. The highest BCUT2D eigenvalue weighted by Gasteiger charge is 2.23. The standard InChI is InChI=1S/C18H18ClF2N3O2/c1-26-17-5-2-12(19)10-16(17)23-6-8-24(9-7-23)18(25)22-13-3-4-14(20)15(21)11-13/h2-5,10-11H,6-9H2,1H3,(H,22,25). The highest BCUT2D eigenvalue weighted by molar-refractivity contribution is 6.30. The predicted octanol–water partition coefficient (Wildman–Crippen LogP) is 3.98. The molecule has 1 aliphatic rings. The number of hydrogen-bond acceptors (Lipinski definition) is 3. The van der Waals surface area contributed by atoms with Crippen molar-refractivity contribution in [1.29, 1.82) is 0 Å². The van der Waals surface area contributed by atoms with Gasteiger partial charge in [0.25, 0.3) is 0 Å². The summed E-state index contributed by atoms with van der Waals surface area (Å²) in [5, 5.41) is 3.19. The van der Waals surface area contributed by atoms with Gasteiger partial charge in [0.1, 0.15) is 5.75 Å². The van der Waals surface area contributed by atoms with E-state index >= 15 is 0 Å². The number of rotatable bonds is 3. The summed E-state index contributed by atoms with van der Waals surface area (Å²) in [4.78, 5) is 16.0. The van der Waals surface area contributed by atoms with Crippen LogP contribution in [0.3, 0.4) is 0 Å². The fraction of sp³-hybridized carbons (Fsp3) is 0.278. The monoisotopic (exact) mass is 381 g/mol. The zero-order chi connectivity index (χ0) is 18.7. The maximum absolute atomic E-state index is 13.2. The molecule has 0 bridgehead atoms. The average molecular weight is 382 g/mol. The minimum absolute atomic E-state index is 0.216. The van der Waals surface area contributed by atoms with Crippen molar-refractivity contribution in [1.82, 2.24) is 4.90 Å². The van der Waals surface area contributed by atoms with Crippen LogP contribution in [0.2, 0.25) is 5.02 Å². The molecule has 0 spiro atoms. The lowest BCUT2D eigenvalue weighted by Crippen LogP contribution is -2.50. The first kappa shape index (κ1) is 18.3. The molecule has 1 heterocycles. The van der Waals surface area contributed by atoms with Crippen LogP contribution in [0, 0.1) is 11.6 Å². The SMILES string of the molecule is COc1ccc(Cl)cc1N1CCN(C(=O)Nc2ccc(F)c(F)c2)CC1. The highest BCUT2D eigenvalue weighted by atomic mass is 35.5. The van der Waals surface area contributed by atoms with E-state index in [1.807, 2.05) is 6.07 Å². The Morgan fingerprint density at radius 1 is 1.08 bits per heavy atom. The first-order valence-corrected chi connectivity index (χ1v) is 8.45. The number of hydrogen-bond donors (Lipinski definition) is 1. The molecule has 0 atom stereocenters. The third-order valence-corrected chi connectivity index (χ3v) is 4.45. The van der Waals surface area contributed by atoms with Crippen LogP contribution in [0.25, 0.3) is 0 Å². The largest absolute Gasteiger partial charge is 0.495 e. The van der Waals surface area contributed by atoms with Crippen molar-refractivity contribution >= 4 is 29.0 Å². The Labute approximate surface area is 155 Å². The molecule has 26 heavy (non-hydrogen) atoms. The summed E-state index contributed by atoms with van der Waals surface area (Å²) in [5.74, 6) is -1.23. The van der Waals surface area contributed by atoms with Crippen molar-refractivity contribution in [3.05, 3.63) is 53.1 Å². The van der Waals surface area contributed by atoms with Crippen LogP contribution >= 0.6 is 11.6 Å². The minimum Gasteiger partial charge on any atom is -0.495 e. The van der Waals surface area contributed by atoms with Crippen LogP contribution in [0.4, 0.5) is 25.0 Å². The van der Waals surface area contributed by atoms with Gasteiger partial charge in [0.15, 0.2) is 11.6 Å². The minimum atomic E-state index is -0.999. The first-order chi connectivity index (χ1) is 12.5. The third kappa shape index (κ3) is 3.99. The molecule has 2 aromatic rings. The first-order valence-electron chi connectivity index (χ1n) is 8.07. The third-order valence-electron chi connectivity index (χ3n) is 4.22. The molecule has 1 saturated heterocycles. The van der Waals surface area contributed by atoms with E-state index < -0.39 is 11.6 Å². The van der Waals surface area contributed by atoms with Gasteiger partial charge in [-0.05, 0) is 30.3 Å². The van der Waals surface area contributed by atoms with Gasteiger partial charge >= 0.3 is 6.03 Å². The van der Waals surface area contributed by atoms with Gasteiger partial charge in [0.2, 0.25) is 0 Å². The molecule has 5 nitrogen and oxygen atoms in total. The number of methoxy groups -OCH3 is 1. The number of amides is 2. The average Bonchev–Trinajstić information content (AvgIpc) is 2.65. The molecule has 0 radical (unpaired) electrons. The second-order valence-corrected chi connectivity index (χ2v) is 6.29. The Morgan fingerprint density at radius 3 is 2.46 bits per heavy atom. The maximum atomic E-state index is 13.2. The molecule has 8 heteroatoms. The maximum Gasteiger partial charge on any atom is 0.321 e. The molecule has 2 amide bonds. The molecule has 1 aliphatic heterocycles. The van der Waals surface area contributed by atoms with Crippen molar-refractivity contribution in [2.24, 2.45) is 0 Å². The van der Waals surface area contributed by atoms with E-state index in [1.54, 1.807) is 24.1 Å². The number of piperazine rings is 1. The summed E-state index contributed by atoms with van der Waals surface area (Å²) in [5.41, 5.74) is 1.09. The van der Waals surface area contributed by atoms with Gasteiger partial charge in [-0.15, -0.1) is 0 Å². The van der Waals surface area contributed by atoms with E-state index in [4.69, 9.17) is 16.3 Å². The van der Waals surface area contributed by atoms with Gasteiger partial charge in [0.05, 0.1) is 12.8 Å². The molecule has 1 fully saturated rings. The number of carbonyl (C=O) groups excluding carboxylic acids is 1. The predicted molar refractivity (Wildman–Crippen MR) is 97.2 cm³/mol. The number of benzene rings is 2. The second-order valence-electron chi connectivity index (χ2n) is 5.85. The van der Waals surface area contributed by atoms with Gasteiger partial charge in [-0.2, -0.15) is 0 Å². The van der Waals surface area contributed by atoms with E-state index in [2.05, 4.69) is 10.2 Å². The zero-order valence-electron chi connectivity index (χ0n) is 14.1. The summed E-state index contributed by atoms with van der Waals surface area (Å²) >= 11 is 6.07. The number of carbonyl (C=O) groups is 1. The lowest BCUT2D eigenvalue weighted by Gasteiger charge is -2.36. The summed E-state index contributed by atoms with van der Waals surface area (Å²) in [6.45, 7) is 2.15. The number of nitrogens with one attached hydrogen (secondary N) is 1. The van der Waals surface area contributed by atoms with Gasteiger partial charge in [-0.1, -0.05) is 11.6 Å². The highest BCUT2D eigenvalue weighted by Crippen LogP contribution is 2.31. The zero-order valence-corrected chi connectivity index (χ0v) is 14.9. The van der Waals surface area contributed by atoms with Gasteiger partial charge in [-0.3, -0.25) is 0 Å².